The summed E-state index contributed by atoms with van der Waals surface area (Å²) < 4.78 is 0. The Labute approximate surface area is 92.1 Å². The van der Waals surface area contributed by atoms with Gasteiger partial charge in [0, 0.05) is 18.7 Å². The second-order valence-corrected chi connectivity index (χ2v) is 3.31. The van der Waals surface area contributed by atoms with E-state index >= 15 is 0 Å². The van der Waals surface area contributed by atoms with Crippen LogP contribution in [0.1, 0.15) is 5.56 Å². The first kappa shape index (κ1) is 10.7. The number of para-hydroxylation sites is 1. The number of rotatable bonds is 2. The fourth-order valence-electron chi connectivity index (χ4n) is 1.41. The van der Waals surface area contributed by atoms with Gasteiger partial charge in [0.25, 0.3) is 0 Å². The maximum absolute atomic E-state index is 10.7. The molecule has 0 saturated heterocycles. The Hall–Kier alpha value is -1.79. The highest BCUT2D eigenvalue weighted by Gasteiger charge is 2.15. The fraction of sp³-hybridized carbons (Fsp3) is 0.300. The van der Waals surface area contributed by atoms with Crippen LogP contribution in [0.5, 0.6) is 11.5 Å². The quantitative estimate of drug-likeness (QED) is 0.661. The number of carboxylic acids is 1. The zero-order valence-corrected chi connectivity index (χ0v) is 8.53. The van der Waals surface area contributed by atoms with Crippen LogP contribution in [-0.2, 0) is 11.2 Å². The van der Waals surface area contributed by atoms with Crippen LogP contribution < -0.4 is 20.6 Å². The summed E-state index contributed by atoms with van der Waals surface area (Å²) in [5.74, 6) is -0.0185. The maximum atomic E-state index is 10.7. The fourth-order valence-corrected chi connectivity index (χ4v) is 1.41. The monoisotopic (exact) mass is 224 g/mol. The summed E-state index contributed by atoms with van der Waals surface area (Å²) in [7, 11) is 0. The van der Waals surface area contributed by atoms with Crippen LogP contribution in [0.4, 0.5) is 0 Å². The van der Waals surface area contributed by atoms with Gasteiger partial charge in [0.2, 0.25) is 0 Å². The Balaban J connectivity index is 2.30. The Morgan fingerprint density at radius 1 is 1.31 bits per heavy atom. The van der Waals surface area contributed by atoms with Crippen molar-refractivity contribution in [2.24, 2.45) is 0 Å². The van der Waals surface area contributed by atoms with Crippen molar-refractivity contribution in [3.63, 3.8) is 0 Å². The van der Waals surface area contributed by atoms with Crippen molar-refractivity contribution in [1.82, 2.24) is 11.0 Å². The Morgan fingerprint density at radius 3 is 2.81 bits per heavy atom. The van der Waals surface area contributed by atoms with Gasteiger partial charge in [0.05, 0.1) is 6.42 Å². The highest BCUT2D eigenvalue weighted by atomic mass is 16.7. The number of carboxylic acid groups (broad SMARTS) is 1. The molecule has 86 valence electrons. The van der Waals surface area contributed by atoms with Crippen LogP contribution >= 0.6 is 0 Å². The molecule has 0 fully saturated rings. The zero-order chi connectivity index (χ0) is 11.4. The van der Waals surface area contributed by atoms with E-state index in [9.17, 15) is 4.79 Å². The molecule has 2 rings (SSSR count). The van der Waals surface area contributed by atoms with Gasteiger partial charge in [-0.15, -0.1) is 0 Å². The van der Waals surface area contributed by atoms with E-state index in [2.05, 4.69) is 11.0 Å². The van der Waals surface area contributed by atoms with E-state index in [0.29, 0.717) is 30.2 Å². The number of carbonyl (C=O) groups is 1. The number of fused-ring (bicyclic) bond motifs is 1. The molecule has 0 atom stereocenters. The van der Waals surface area contributed by atoms with Crippen LogP contribution in [0.15, 0.2) is 18.2 Å². The molecule has 1 aliphatic heterocycles. The molecule has 6 heteroatoms. The molecule has 1 heterocycles. The molecule has 0 aliphatic carbocycles. The van der Waals surface area contributed by atoms with Gasteiger partial charge in [-0.05, 0) is 6.07 Å². The molecule has 0 aromatic heterocycles. The highest BCUT2D eigenvalue weighted by molar-refractivity contribution is 5.72. The van der Waals surface area contributed by atoms with Crippen molar-refractivity contribution >= 4 is 5.97 Å². The van der Waals surface area contributed by atoms with E-state index in [0.717, 1.165) is 0 Å². The van der Waals surface area contributed by atoms with E-state index in [-0.39, 0.29) is 6.42 Å². The smallest absolute Gasteiger partial charge is 0.307 e. The van der Waals surface area contributed by atoms with E-state index in [1.165, 1.54) is 0 Å². The molecule has 0 spiro atoms. The van der Waals surface area contributed by atoms with Crippen LogP contribution in [0.25, 0.3) is 0 Å². The van der Waals surface area contributed by atoms with Crippen molar-refractivity contribution in [3.05, 3.63) is 23.8 Å². The van der Waals surface area contributed by atoms with Crippen molar-refractivity contribution in [1.29, 1.82) is 0 Å². The molecule has 1 aliphatic rings. The van der Waals surface area contributed by atoms with Crippen molar-refractivity contribution in [2.45, 2.75) is 6.42 Å². The Kier molecular flexibility index (Phi) is 3.23. The summed E-state index contributed by atoms with van der Waals surface area (Å²) in [6.07, 6.45) is -0.103. The summed E-state index contributed by atoms with van der Waals surface area (Å²) in [6.45, 7) is 1.17. The largest absolute Gasteiger partial charge is 0.481 e. The molecule has 0 bridgehead atoms. The lowest BCUT2D eigenvalue weighted by molar-refractivity contribution is -0.136. The number of hydrogen-bond donors (Lipinski definition) is 3. The second kappa shape index (κ2) is 4.82. The van der Waals surface area contributed by atoms with E-state index in [1.54, 1.807) is 18.2 Å². The van der Waals surface area contributed by atoms with Crippen LogP contribution in [0.3, 0.4) is 0 Å². The van der Waals surface area contributed by atoms with Crippen LogP contribution in [0.2, 0.25) is 0 Å². The third-order valence-corrected chi connectivity index (χ3v) is 2.09. The Bertz CT molecular complexity index is 394. The van der Waals surface area contributed by atoms with Gasteiger partial charge < -0.3 is 14.8 Å². The number of benzene rings is 1. The number of hydrogen-bond acceptors (Lipinski definition) is 5. The molecule has 16 heavy (non-hydrogen) atoms. The van der Waals surface area contributed by atoms with E-state index in [4.69, 9.17) is 14.8 Å². The summed E-state index contributed by atoms with van der Waals surface area (Å²) in [6, 6.07) is 5.13. The predicted molar refractivity (Wildman–Crippen MR) is 55.0 cm³/mol. The molecule has 3 N–H and O–H groups in total. The molecular weight excluding hydrogens is 212 g/mol. The predicted octanol–water partition coefficient (Wildman–Crippen LogP) is 0.0941. The van der Waals surface area contributed by atoms with Gasteiger partial charge >= 0.3 is 5.97 Å². The van der Waals surface area contributed by atoms with Crippen molar-refractivity contribution in [3.8, 4) is 11.5 Å². The number of hydroxylamine groups is 2. The molecule has 6 nitrogen and oxygen atoms in total. The van der Waals surface area contributed by atoms with Gasteiger partial charge in [0.15, 0.2) is 11.5 Å². The average molecular weight is 224 g/mol. The Morgan fingerprint density at radius 2 is 2.06 bits per heavy atom. The van der Waals surface area contributed by atoms with Crippen molar-refractivity contribution < 1.29 is 19.6 Å². The average Bonchev–Trinajstić information content (AvgIpc) is 2.18. The van der Waals surface area contributed by atoms with Gasteiger partial charge in [0.1, 0.15) is 0 Å². The molecule has 0 saturated carbocycles. The first-order valence-corrected chi connectivity index (χ1v) is 4.90. The summed E-state index contributed by atoms with van der Waals surface area (Å²) >= 11 is 0. The highest BCUT2D eigenvalue weighted by Crippen LogP contribution is 2.31. The third-order valence-electron chi connectivity index (χ3n) is 2.09. The molecule has 0 amide bonds. The number of aliphatic carboxylic acids is 1. The molecular formula is C10H12N2O4. The number of nitrogens with one attached hydrogen (secondary N) is 2. The lowest BCUT2D eigenvalue weighted by Crippen LogP contribution is -2.34. The molecule has 1 aromatic carbocycles. The zero-order valence-electron chi connectivity index (χ0n) is 8.53. The van der Waals surface area contributed by atoms with E-state index in [1.807, 2.05) is 0 Å². The minimum absolute atomic E-state index is 0.103. The van der Waals surface area contributed by atoms with Gasteiger partial charge in [-0.2, -0.15) is 11.0 Å². The molecule has 0 radical (unpaired) electrons. The molecule has 1 aromatic rings. The lowest BCUT2D eigenvalue weighted by Gasteiger charge is -2.18. The topological polar surface area (TPSA) is 79.8 Å². The SMILES string of the molecule is O=C(O)Cc1cccc2c1ONCCNO2. The summed E-state index contributed by atoms with van der Waals surface area (Å²) in [5, 5.41) is 8.76. The molecule has 0 unspecified atom stereocenters. The van der Waals surface area contributed by atoms with Gasteiger partial charge in [-0.1, -0.05) is 12.1 Å². The first-order chi connectivity index (χ1) is 7.77. The van der Waals surface area contributed by atoms with Gasteiger partial charge in [-0.3, -0.25) is 4.79 Å². The summed E-state index contributed by atoms with van der Waals surface area (Å²) in [5.41, 5.74) is 6.03. The minimum atomic E-state index is -0.910. The van der Waals surface area contributed by atoms with Crippen molar-refractivity contribution in [2.75, 3.05) is 13.1 Å². The second-order valence-electron chi connectivity index (χ2n) is 3.31. The summed E-state index contributed by atoms with van der Waals surface area (Å²) in [4.78, 5) is 21.2. The lowest BCUT2D eigenvalue weighted by atomic mass is 10.1. The minimum Gasteiger partial charge on any atom is -0.481 e. The van der Waals surface area contributed by atoms with Crippen LogP contribution in [-0.4, -0.2) is 24.2 Å². The normalized spacial score (nSPS) is 15.0. The van der Waals surface area contributed by atoms with Crippen LogP contribution in [0, 0.1) is 0 Å². The first-order valence-electron chi connectivity index (χ1n) is 4.90. The van der Waals surface area contributed by atoms with E-state index < -0.39 is 5.97 Å². The standard InChI is InChI=1S/C10H12N2O4/c13-9(14)6-7-2-1-3-8-10(7)16-12-5-4-11-15-8/h1-3,11-12H,4-6H2,(H,13,14). The maximum Gasteiger partial charge on any atom is 0.307 e. The third kappa shape index (κ3) is 2.41. The van der Waals surface area contributed by atoms with Gasteiger partial charge in [-0.25, -0.2) is 0 Å².